The summed E-state index contributed by atoms with van der Waals surface area (Å²) in [5.41, 5.74) is 5.84. The maximum atomic E-state index is 12.5. The average Bonchev–Trinajstić information content (AvgIpc) is 2.95. The molecule has 0 unspecified atom stereocenters. The van der Waals surface area contributed by atoms with Crippen molar-refractivity contribution in [3.63, 3.8) is 0 Å². The van der Waals surface area contributed by atoms with Crippen LogP contribution in [-0.2, 0) is 11.3 Å². The van der Waals surface area contributed by atoms with Crippen molar-refractivity contribution in [3.05, 3.63) is 24.0 Å². The Kier molecular flexibility index (Phi) is 6.03. The van der Waals surface area contributed by atoms with Gasteiger partial charge in [-0.2, -0.15) is 10.4 Å². The van der Waals surface area contributed by atoms with E-state index in [0.717, 1.165) is 12.8 Å². The highest BCUT2D eigenvalue weighted by molar-refractivity contribution is 6.05. The number of fused-ring (bicyclic) bond motifs is 1. The third-order valence-electron chi connectivity index (χ3n) is 3.71. The number of carbonyl (C=O) groups is 2. The Hall–Kier alpha value is -2.99. The summed E-state index contributed by atoms with van der Waals surface area (Å²) in [7, 11) is 0. The number of nitriles is 1. The number of aliphatic hydroxyl groups excluding tert-OH is 1. The van der Waals surface area contributed by atoms with Crippen LogP contribution in [0.5, 0.6) is 0 Å². The zero-order valence-electron chi connectivity index (χ0n) is 13.8. The molecule has 2 aromatic rings. The number of hydrogen-bond donors (Lipinski definition) is 3. The molecule has 0 aliphatic carbocycles. The summed E-state index contributed by atoms with van der Waals surface area (Å²) in [5, 5.41) is 25.4. The monoisotopic (exact) mass is 344 g/mol. The summed E-state index contributed by atoms with van der Waals surface area (Å²) in [6, 6.07) is 4.26. The first kappa shape index (κ1) is 18.4. The average molecular weight is 344 g/mol. The topological polar surface area (TPSA) is 147 Å². The lowest BCUT2D eigenvalue weighted by Gasteiger charge is -2.17. The second-order valence-corrected chi connectivity index (χ2v) is 5.66. The molecule has 2 aromatic heterocycles. The number of aliphatic hydroxyl groups is 1. The van der Waals surface area contributed by atoms with E-state index in [0.29, 0.717) is 24.0 Å². The minimum atomic E-state index is -1.21. The van der Waals surface area contributed by atoms with E-state index in [1.54, 1.807) is 23.0 Å². The fourth-order valence-corrected chi connectivity index (χ4v) is 2.44. The number of amides is 2. The molecule has 9 heteroatoms. The molecular formula is C16H20N6O3. The molecular weight excluding hydrogens is 324 g/mol. The van der Waals surface area contributed by atoms with Gasteiger partial charge >= 0.3 is 0 Å². The van der Waals surface area contributed by atoms with E-state index in [1.165, 1.54) is 6.92 Å². The summed E-state index contributed by atoms with van der Waals surface area (Å²) in [6.07, 6.45) is 2.37. The molecule has 0 radical (unpaired) electrons. The normalized spacial score (nSPS) is 13.2. The first-order valence-electron chi connectivity index (χ1n) is 7.92. The van der Waals surface area contributed by atoms with Crippen LogP contribution in [0.4, 0.5) is 0 Å². The van der Waals surface area contributed by atoms with Gasteiger partial charge in [0.05, 0.1) is 17.6 Å². The van der Waals surface area contributed by atoms with Crippen LogP contribution in [0.2, 0.25) is 0 Å². The highest BCUT2D eigenvalue weighted by atomic mass is 16.3. The van der Waals surface area contributed by atoms with Gasteiger partial charge in [-0.1, -0.05) is 0 Å². The molecule has 0 aliphatic rings. The lowest BCUT2D eigenvalue weighted by molar-refractivity contribution is -0.122. The SMILES string of the molecule is C[C@@H](O)[C@H](NC(=O)c1nn(CCCCC#N)c2ncccc12)C(N)=O. The molecule has 0 bridgehead atoms. The smallest absolute Gasteiger partial charge is 0.273 e. The van der Waals surface area contributed by atoms with E-state index in [2.05, 4.69) is 21.5 Å². The molecule has 4 N–H and O–H groups in total. The van der Waals surface area contributed by atoms with Crippen LogP contribution >= 0.6 is 0 Å². The van der Waals surface area contributed by atoms with Gasteiger partial charge in [-0.15, -0.1) is 0 Å². The molecule has 0 saturated heterocycles. The van der Waals surface area contributed by atoms with E-state index >= 15 is 0 Å². The lowest BCUT2D eigenvalue weighted by Crippen LogP contribution is -2.50. The number of pyridine rings is 1. The van der Waals surface area contributed by atoms with E-state index in [1.807, 2.05) is 0 Å². The minimum Gasteiger partial charge on any atom is -0.391 e. The van der Waals surface area contributed by atoms with E-state index < -0.39 is 24.0 Å². The maximum absolute atomic E-state index is 12.5. The molecule has 2 rings (SSSR count). The number of hydrogen-bond acceptors (Lipinski definition) is 6. The number of primary amides is 1. The largest absolute Gasteiger partial charge is 0.391 e. The number of nitrogens with zero attached hydrogens (tertiary/aromatic N) is 4. The Bertz CT molecular complexity index is 808. The van der Waals surface area contributed by atoms with Gasteiger partial charge in [0.15, 0.2) is 11.3 Å². The Morgan fingerprint density at radius 1 is 1.48 bits per heavy atom. The molecule has 0 fully saturated rings. The van der Waals surface area contributed by atoms with Crippen molar-refractivity contribution in [2.24, 2.45) is 5.73 Å². The van der Waals surface area contributed by atoms with Gasteiger partial charge < -0.3 is 16.2 Å². The standard InChI is InChI=1S/C16H20N6O3/c1-10(23)12(14(18)24)20-16(25)13-11-6-5-8-19-15(11)22(21-13)9-4-2-3-7-17/h5-6,8,10,12,23H,2-4,9H2,1H3,(H2,18,24)(H,20,25)/t10-,12+/m1/s1. The van der Waals surface area contributed by atoms with Crippen molar-refractivity contribution in [1.82, 2.24) is 20.1 Å². The molecule has 0 aromatic carbocycles. The van der Waals surface area contributed by atoms with Crippen molar-refractivity contribution in [3.8, 4) is 6.07 Å². The quantitative estimate of drug-likeness (QED) is 0.578. The number of carbonyl (C=O) groups excluding carboxylic acids is 2. The molecule has 0 spiro atoms. The van der Waals surface area contributed by atoms with Gasteiger partial charge in [0.25, 0.3) is 5.91 Å². The van der Waals surface area contributed by atoms with Gasteiger partial charge in [-0.05, 0) is 31.9 Å². The third kappa shape index (κ3) is 4.30. The summed E-state index contributed by atoms with van der Waals surface area (Å²) in [6.45, 7) is 1.88. The van der Waals surface area contributed by atoms with Crippen LogP contribution < -0.4 is 11.1 Å². The van der Waals surface area contributed by atoms with Crippen molar-refractivity contribution < 1.29 is 14.7 Å². The first-order chi connectivity index (χ1) is 12.0. The Balaban J connectivity index is 2.27. The van der Waals surface area contributed by atoms with Gasteiger partial charge in [-0.3, -0.25) is 9.59 Å². The molecule has 25 heavy (non-hydrogen) atoms. The number of unbranched alkanes of at least 4 members (excludes halogenated alkanes) is 2. The predicted octanol–water partition coefficient (Wildman–Crippen LogP) is 0.0897. The number of aromatic nitrogens is 3. The molecule has 0 aliphatic heterocycles. The predicted molar refractivity (Wildman–Crippen MR) is 89.1 cm³/mol. The molecule has 2 atom stereocenters. The summed E-state index contributed by atoms with van der Waals surface area (Å²) < 4.78 is 1.60. The molecule has 9 nitrogen and oxygen atoms in total. The fraction of sp³-hybridized carbons (Fsp3) is 0.438. The van der Waals surface area contributed by atoms with Crippen LogP contribution in [0.15, 0.2) is 18.3 Å². The van der Waals surface area contributed by atoms with E-state index in [-0.39, 0.29) is 5.69 Å². The number of nitrogens with two attached hydrogens (primary N) is 1. The highest BCUT2D eigenvalue weighted by Crippen LogP contribution is 2.17. The van der Waals surface area contributed by atoms with Crippen molar-refractivity contribution >= 4 is 22.8 Å². The van der Waals surface area contributed by atoms with Gasteiger partial charge in [0.2, 0.25) is 5.91 Å². The first-order valence-corrected chi connectivity index (χ1v) is 7.92. The lowest BCUT2D eigenvalue weighted by atomic mass is 10.1. The zero-order chi connectivity index (χ0) is 18.4. The third-order valence-corrected chi connectivity index (χ3v) is 3.71. The van der Waals surface area contributed by atoms with Crippen molar-refractivity contribution in [1.29, 1.82) is 5.26 Å². The Morgan fingerprint density at radius 2 is 2.24 bits per heavy atom. The van der Waals surface area contributed by atoms with Crippen molar-refractivity contribution in [2.45, 2.75) is 44.9 Å². The zero-order valence-corrected chi connectivity index (χ0v) is 13.8. The van der Waals surface area contributed by atoms with Crippen LogP contribution in [-0.4, -0.2) is 43.8 Å². The second-order valence-electron chi connectivity index (χ2n) is 5.66. The van der Waals surface area contributed by atoms with Crippen LogP contribution in [0.1, 0.15) is 36.7 Å². The maximum Gasteiger partial charge on any atom is 0.273 e. The Labute approximate surface area is 144 Å². The molecule has 0 saturated carbocycles. The summed E-state index contributed by atoms with van der Waals surface area (Å²) in [5.74, 6) is -1.44. The number of aryl methyl sites for hydroxylation is 1. The van der Waals surface area contributed by atoms with Crippen molar-refractivity contribution in [2.75, 3.05) is 0 Å². The van der Waals surface area contributed by atoms with Crippen LogP contribution in [0.3, 0.4) is 0 Å². The molecule has 2 amide bonds. The Morgan fingerprint density at radius 3 is 2.88 bits per heavy atom. The summed E-state index contributed by atoms with van der Waals surface area (Å²) >= 11 is 0. The van der Waals surface area contributed by atoms with E-state index in [9.17, 15) is 14.7 Å². The summed E-state index contributed by atoms with van der Waals surface area (Å²) in [4.78, 5) is 28.1. The van der Waals surface area contributed by atoms with Gasteiger partial charge in [0, 0.05) is 19.2 Å². The van der Waals surface area contributed by atoms with Crippen LogP contribution in [0.25, 0.3) is 11.0 Å². The fourth-order valence-electron chi connectivity index (χ4n) is 2.44. The van der Waals surface area contributed by atoms with Crippen LogP contribution in [0, 0.1) is 11.3 Å². The number of nitrogens with one attached hydrogen (secondary N) is 1. The van der Waals surface area contributed by atoms with Gasteiger partial charge in [-0.25, -0.2) is 9.67 Å². The van der Waals surface area contributed by atoms with Gasteiger partial charge in [0.1, 0.15) is 6.04 Å². The number of rotatable bonds is 8. The highest BCUT2D eigenvalue weighted by Gasteiger charge is 2.26. The van der Waals surface area contributed by atoms with E-state index in [4.69, 9.17) is 11.0 Å². The second kappa shape index (κ2) is 8.21. The molecule has 2 heterocycles. The minimum absolute atomic E-state index is 0.107. The molecule has 132 valence electrons.